The molecule has 0 N–H and O–H groups in total. The third-order valence-electron chi connectivity index (χ3n) is 6.44. The first-order valence-corrected chi connectivity index (χ1v) is 12.0. The summed E-state index contributed by atoms with van der Waals surface area (Å²) < 4.78 is 11.1. The summed E-state index contributed by atoms with van der Waals surface area (Å²) in [5.74, 6) is 0.449. The topological polar surface area (TPSA) is 58.8 Å². The predicted molar refractivity (Wildman–Crippen MR) is 132 cm³/mol. The molecule has 1 aromatic heterocycles. The largest absolute Gasteiger partial charge is 0.447 e. The Morgan fingerprint density at radius 1 is 1.03 bits per heavy atom. The number of benzene rings is 2. The fourth-order valence-electron chi connectivity index (χ4n) is 4.20. The Hall–Kier alpha value is -2.96. The zero-order valence-electron chi connectivity index (χ0n) is 20.7. The fraction of sp³-hybridized carbons (Fsp3) is 0.429. The Morgan fingerprint density at radius 2 is 1.71 bits per heavy atom. The zero-order valence-corrected chi connectivity index (χ0v) is 20.7. The van der Waals surface area contributed by atoms with E-state index in [0.717, 1.165) is 6.54 Å². The molecule has 2 heterocycles. The van der Waals surface area contributed by atoms with Crippen molar-refractivity contribution >= 4 is 5.91 Å². The van der Waals surface area contributed by atoms with Gasteiger partial charge in [-0.15, -0.1) is 0 Å². The minimum atomic E-state index is -0.0984. The monoisotopic (exact) mass is 461 g/mol. The van der Waals surface area contributed by atoms with E-state index in [2.05, 4.69) is 86.1 Å². The van der Waals surface area contributed by atoms with Crippen molar-refractivity contribution in [3.8, 4) is 0 Å². The summed E-state index contributed by atoms with van der Waals surface area (Å²) in [6.07, 6.45) is 1.48. The molecule has 0 aliphatic carbocycles. The van der Waals surface area contributed by atoms with Crippen LogP contribution in [0.25, 0.3) is 0 Å². The molecular formula is C28H35N3O3. The minimum absolute atomic E-state index is 0.0984. The molecule has 0 radical (unpaired) electrons. The highest BCUT2D eigenvalue weighted by Gasteiger charge is 2.24. The fourth-order valence-corrected chi connectivity index (χ4v) is 4.20. The summed E-state index contributed by atoms with van der Waals surface area (Å²) in [5, 5.41) is 0. The van der Waals surface area contributed by atoms with Gasteiger partial charge in [0.15, 0.2) is 5.69 Å². The van der Waals surface area contributed by atoms with Gasteiger partial charge in [0, 0.05) is 25.7 Å². The van der Waals surface area contributed by atoms with Crippen molar-refractivity contribution in [2.24, 2.45) is 0 Å². The molecule has 2 aromatic carbocycles. The molecule has 3 aromatic rings. The molecule has 4 rings (SSSR count). The Morgan fingerprint density at radius 3 is 2.35 bits per heavy atom. The second kappa shape index (κ2) is 10.5. The molecule has 6 nitrogen and oxygen atoms in total. The summed E-state index contributed by atoms with van der Waals surface area (Å²) in [5.41, 5.74) is 4.26. The van der Waals surface area contributed by atoms with Crippen LogP contribution in [0, 0.1) is 0 Å². The van der Waals surface area contributed by atoms with Gasteiger partial charge in [-0.2, -0.15) is 0 Å². The molecule has 180 valence electrons. The standard InChI is InChI=1S/C28H35N3O3/c1-21(23-8-6-5-7-9-23)31(18-22-10-12-24(13-11-22)28(2,3)4)19-26-29-25(20-34-26)27(32)30-14-16-33-17-15-30/h5-13,20-21H,14-19H2,1-4H3. The summed E-state index contributed by atoms with van der Waals surface area (Å²) >= 11 is 0. The van der Waals surface area contributed by atoms with Crippen LogP contribution in [0.1, 0.15) is 66.8 Å². The first-order valence-electron chi connectivity index (χ1n) is 12.0. The lowest BCUT2D eigenvalue weighted by atomic mass is 9.86. The van der Waals surface area contributed by atoms with Gasteiger partial charge in [-0.3, -0.25) is 9.69 Å². The van der Waals surface area contributed by atoms with Crippen molar-refractivity contribution in [3.63, 3.8) is 0 Å². The van der Waals surface area contributed by atoms with Crippen molar-refractivity contribution in [2.75, 3.05) is 26.3 Å². The van der Waals surface area contributed by atoms with Crippen LogP contribution in [0.2, 0.25) is 0 Å². The van der Waals surface area contributed by atoms with E-state index in [-0.39, 0.29) is 17.4 Å². The number of carbonyl (C=O) groups excluding carboxylic acids is 1. The summed E-state index contributed by atoms with van der Waals surface area (Å²) in [7, 11) is 0. The number of hydrogen-bond donors (Lipinski definition) is 0. The third-order valence-corrected chi connectivity index (χ3v) is 6.44. The molecular weight excluding hydrogens is 426 g/mol. The van der Waals surface area contributed by atoms with Crippen molar-refractivity contribution in [1.82, 2.24) is 14.8 Å². The van der Waals surface area contributed by atoms with Crippen LogP contribution < -0.4 is 0 Å². The van der Waals surface area contributed by atoms with E-state index in [1.807, 2.05) is 6.07 Å². The molecule has 1 unspecified atom stereocenters. The van der Waals surface area contributed by atoms with Crippen molar-refractivity contribution in [1.29, 1.82) is 0 Å². The molecule has 1 saturated heterocycles. The lowest BCUT2D eigenvalue weighted by Crippen LogP contribution is -2.40. The third kappa shape index (κ3) is 5.93. The number of nitrogens with zero attached hydrogens (tertiary/aromatic N) is 3. The number of ether oxygens (including phenoxy) is 1. The minimum Gasteiger partial charge on any atom is -0.447 e. The second-order valence-electron chi connectivity index (χ2n) is 9.97. The van der Waals surface area contributed by atoms with E-state index in [1.165, 1.54) is 23.0 Å². The van der Waals surface area contributed by atoms with Crippen LogP contribution in [0.5, 0.6) is 0 Å². The van der Waals surface area contributed by atoms with Crippen LogP contribution in [0.4, 0.5) is 0 Å². The number of aromatic nitrogens is 1. The van der Waals surface area contributed by atoms with E-state index >= 15 is 0 Å². The highest BCUT2D eigenvalue weighted by Crippen LogP contribution is 2.27. The Balaban J connectivity index is 1.53. The number of carbonyl (C=O) groups is 1. The lowest BCUT2D eigenvalue weighted by Gasteiger charge is -2.29. The van der Waals surface area contributed by atoms with Crippen LogP contribution >= 0.6 is 0 Å². The van der Waals surface area contributed by atoms with Crippen LogP contribution in [0.3, 0.4) is 0 Å². The van der Waals surface area contributed by atoms with Gasteiger partial charge in [0.25, 0.3) is 5.91 Å². The van der Waals surface area contributed by atoms with Gasteiger partial charge in [-0.1, -0.05) is 75.4 Å². The molecule has 6 heteroatoms. The molecule has 34 heavy (non-hydrogen) atoms. The maximum Gasteiger partial charge on any atom is 0.275 e. The Kier molecular flexibility index (Phi) is 7.49. The van der Waals surface area contributed by atoms with Gasteiger partial charge < -0.3 is 14.1 Å². The molecule has 1 aliphatic rings. The van der Waals surface area contributed by atoms with Gasteiger partial charge in [0.2, 0.25) is 5.89 Å². The molecule has 1 atom stereocenters. The summed E-state index contributed by atoms with van der Waals surface area (Å²) in [6.45, 7) is 12.4. The Labute approximate surface area is 202 Å². The average molecular weight is 462 g/mol. The highest BCUT2D eigenvalue weighted by molar-refractivity contribution is 5.92. The smallest absolute Gasteiger partial charge is 0.275 e. The molecule has 1 fully saturated rings. The second-order valence-corrected chi connectivity index (χ2v) is 9.97. The van der Waals surface area contributed by atoms with Gasteiger partial charge in [0.05, 0.1) is 19.8 Å². The maximum atomic E-state index is 12.8. The van der Waals surface area contributed by atoms with E-state index < -0.39 is 0 Å². The van der Waals surface area contributed by atoms with Crippen LogP contribution in [0.15, 0.2) is 65.3 Å². The quantitative estimate of drug-likeness (QED) is 0.484. The van der Waals surface area contributed by atoms with E-state index in [1.54, 1.807) is 4.90 Å². The highest BCUT2D eigenvalue weighted by atomic mass is 16.5. The number of oxazole rings is 1. The Bertz CT molecular complexity index is 1060. The molecule has 1 amide bonds. The summed E-state index contributed by atoms with van der Waals surface area (Å²) in [4.78, 5) is 21.4. The number of hydrogen-bond acceptors (Lipinski definition) is 5. The molecule has 0 saturated carbocycles. The number of amides is 1. The molecule has 0 spiro atoms. The molecule has 0 bridgehead atoms. The van der Waals surface area contributed by atoms with Crippen LogP contribution in [-0.4, -0.2) is 47.0 Å². The van der Waals surface area contributed by atoms with Gasteiger partial charge >= 0.3 is 0 Å². The summed E-state index contributed by atoms with van der Waals surface area (Å²) in [6, 6.07) is 19.4. The van der Waals surface area contributed by atoms with Crippen molar-refractivity contribution in [2.45, 2.75) is 52.2 Å². The van der Waals surface area contributed by atoms with Crippen molar-refractivity contribution in [3.05, 3.63) is 89.1 Å². The SMILES string of the molecule is CC(c1ccccc1)N(Cc1ccc(C(C)(C)C)cc1)Cc1nc(C(=O)N2CCOCC2)co1. The van der Waals surface area contributed by atoms with Gasteiger partial charge in [0.1, 0.15) is 6.26 Å². The maximum absolute atomic E-state index is 12.8. The van der Waals surface area contributed by atoms with Crippen LogP contribution in [-0.2, 0) is 23.2 Å². The first kappa shape index (κ1) is 24.2. The number of morpholine rings is 1. The van der Waals surface area contributed by atoms with E-state index in [9.17, 15) is 4.79 Å². The van der Waals surface area contributed by atoms with E-state index in [4.69, 9.17) is 9.15 Å². The number of rotatable bonds is 7. The predicted octanol–water partition coefficient (Wildman–Crippen LogP) is 5.21. The van der Waals surface area contributed by atoms with Gasteiger partial charge in [-0.05, 0) is 29.0 Å². The van der Waals surface area contributed by atoms with Crippen molar-refractivity contribution < 1.29 is 13.9 Å². The zero-order chi connectivity index (χ0) is 24.1. The van der Waals surface area contributed by atoms with E-state index in [0.29, 0.717) is 44.4 Å². The first-order chi connectivity index (χ1) is 16.3. The van der Waals surface area contributed by atoms with Gasteiger partial charge in [-0.25, -0.2) is 4.98 Å². The average Bonchev–Trinajstić information content (AvgIpc) is 3.32. The normalized spacial score (nSPS) is 15.5. The molecule has 1 aliphatic heterocycles. The lowest BCUT2D eigenvalue weighted by molar-refractivity contribution is 0.0299.